The molecule has 0 spiro atoms. The highest BCUT2D eigenvalue weighted by Gasteiger charge is 2.32. The molecular formula is C22H21ClFN5O2. The van der Waals surface area contributed by atoms with Gasteiger partial charge in [-0.1, -0.05) is 23.7 Å². The van der Waals surface area contributed by atoms with Crippen molar-refractivity contribution in [3.63, 3.8) is 0 Å². The van der Waals surface area contributed by atoms with Gasteiger partial charge in [-0.3, -0.25) is 0 Å². The van der Waals surface area contributed by atoms with Gasteiger partial charge in [-0.15, -0.1) is 0 Å². The molecule has 7 nitrogen and oxygen atoms in total. The van der Waals surface area contributed by atoms with Crippen molar-refractivity contribution in [3.8, 4) is 11.3 Å². The molecule has 2 amide bonds. The monoisotopic (exact) mass is 441 g/mol. The number of anilines is 3. The molecule has 2 aromatic carbocycles. The predicted molar refractivity (Wildman–Crippen MR) is 118 cm³/mol. The number of hydrogen-bond donors (Lipinski definition) is 3. The van der Waals surface area contributed by atoms with Crippen LogP contribution in [0.4, 0.5) is 26.6 Å². The summed E-state index contributed by atoms with van der Waals surface area (Å²) in [4.78, 5) is 23.5. The summed E-state index contributed by atoms with van der Waals surface area (Å²) in [6.07, 6.45) is 0. The van der Waals surface area contributed by atoms with Crippen LogP contribution in [-0.4, -0.2) is 33.8 Å². The summed E-state index contributed by atoms with van der Waals surface area (Å²) in [5.41, 5.74) is 3.13. The minimum atomic E-state index is -0.373. The Labute approximate surface area is 183 Å². The third-order valence-electron chi connectivity index (χ3n) is 5.00. The number of hydrogen-bond acceptors (Lipinski definition) is 5. The van der Waals surface area contributed by atoms with Gasteiger partial charge >= 0.3 is 6.03 Å². The minimum Gasteiger partial charge on any atom is -0.394 e. The van der Waals surface area contributed by atoms with Gasteiger partial charge in [0.1, 0.15) is 5.82 Å². The lowest BCUT2D eigenvalue weighted by Crippen LogP contribution is -2.42. The highest BCUT2D eigenvalue weighted by atomic mass is 35.5. The Bertz CT molecular complexity index is 1160. The molecule has 3 N–H and O–H groups in total. The summed E-state index contributed by atoms with van der Waals surface area (Å²) in [6.45, 7) is 3.66. The SMILES string of the molecule is Cc1cc(F)ccc1-c1nc(N[C@H](C)CO)nc2c1CNC(=O)N2c1ccccc1Cl. The number of carbonyl (C=O) groups is 1. The fourth-order valence-corrected chi connectivity index (χ4v) is 3.68. The number of nitrogens with zero attached hydrogens (tertiary/aromatic N) is 3. The number of para-hydroxylation sites is 1. The normalized spacial score (nSPS) is 14.1. The Morgan fingerprint density at radius 1 is 1.29 bits per heavy atom. The quantitative estimate of drug-likeness (QED) is 0.546. The number of aryl methyl sites for hydroxylation is 1. The average Bonchev–Trinajstić information content (AvgIpc) is 2.74. The molecule has 0 aliphatic carbocycles. The second-order valence-corrected chi connectivity index (χ2v) is 7.74. The van der Waals surface area contributed by atoms with E-state index in [0.717, 1.165) is 5.56 Å². The van der Waals surface area contributed by atoms with E-state index in [0.29, 0.717) is 33.3 Å². The molecule has 1 aromatic heterocycles. The average molecular weight is 442 g/mol. The number of nitrogens with one attached hydrogen (secondary N) is 2. The van der Waals surface area contributed by atoms with Gasteiger partial charge in [0.25, 0.3) is 0 Å². The van der Waals surface area contributed by atoms with Gasteiger partial charge in [0.05, 0.1) is 29.6 Å². The van der Waals surface area contributed by atoms with E-state index in [1.54, 1.807) is 44.2 Å². The van der Waals surface area contributed by atoms with Gasteiger partial charge in [-0.05, 0) is 49.7 Å². The first-order valence-corrected chi connectivity index (χ1v) is 10.1. The molecule has 1 aliphatic heterocycles. The first-order chi connectivity index (χ1) is 14.9. The zero-order valence-corrected chi connectivity index (χ0v) is 17.7. The van der Waals surface area contributed by atoms with Crippen molar-refractivity contribution < 1.29 is 14.3 Å². The first kappa shape index (κ1) is 21.0. The maximum atomic E-state index is 13.7. The summed E-state index contributed by atoms with van der Waals surface area (Å²) in [7, 11) is 0. The van der Waals surface area contributed by atoms with Gasteiger partial charge < -0.3 is 15.7 Å². The molecule has 1 aliphatic rings. The van der Waals surface area contributed by atoms with E-state index in [1.165, 1.54) is 17.0 Å². The topological polar surface area (TPSA) is 90.4 Å². The third kappa shape index (κ3) is 4.04. The Morgan fingerprint density at radius 2 is 2.06 bits per heavy atom. The minimum absolute atomic E-state index is 0.125. The van der Waals surface area contributed by atoms with Crippen molar-refractivity contribution in [2.24, 2.45) is 0 Å². The van der Waals surface area contributed by atoms with E-state index in [9.17, 15) is 14.3 Å². The number of amides is 2. The molecule has 31 heavy (non-hydrogen) atoms. The zero-order chi connectivity index (χ0) is 22.1. The molecule has 4 rings (SSSR count). The molecule has 0 saturated heterocycles. The number of halogens is 2. The maximum Gasteiger partial charge on any atom is 0.328 e. The van der Waals surface area contributed by atoms with Crippen LogP contribution in [0.15, 0.2) is 42.5 Å². The highest BCUT2D eigenvalue weighted by molar-refractivity contribution is 6.34. The lowest BCUT2D eigenvalue weighted by molar-refractivity contribution is 0.247. The third-order valence-corrected chi connectivity index (χ3v) is 5.32. The summed E-state index contributed by atoms with van der Waals surface area (Å²) < 4.78 is 13.7. The van der Waals surface area contributed by atoms with Gasteiger partial charge in [-0.25, -0.2) is 19.1 Å². The van der Waals surface area contributed by atoms with Crippen molar-refractivity contribution >= 4 is 35.1 Å². The van der Waals surface area contributed by atoms with E-state index in [2.05, 4.69) is 20.6 Å². The second-order valence-electron chi connectivity index (χ2n) is 7.33. The van der Waals surface area contributed by atoms with Gasteiger partial charge in [0, 0.05) is 17.2 Å². The van der Waals surface area contributed by atoms with Crippen LogP contribution in [0.1, 0.15) is 18.1 Å². The number of rotatable bonds is 5. The van der Waals surface area contributed by atoms with Crippen LogP contribution in [0.5, 0.6) is 0 Å². The van der Waals surface area contributed by atoms with Crippen LogP contribution in [0, 0.1) is 12.7 Å². The lowest BCUT2D eigenvalue weighted by Gasteiger charge is -2.31. The van der Waals surface area contributed by atoms with Gasteiger partial charge in [0.15, 0.2) is 5.82 Å². The lowest BCUT2D eigenvalue weighted by atomic mass is 10.00. The number of aliphatic hydroxyl groups is 1. The summed E-state index contributed by atoms with van der Waals surface area (Å²) >= 11 is 6.38. The number of fused-ring (bicyclic) bond motifs is 1. The number of urea groups is 1. The Morgan fingerprint density at radius 3 is 2.77 bits per heavy atom. The molecule has 0 saturated carbocycles. The van der Waals surface area contributed by atoms with Crippen molar-refractivity contribution in [1.82, 2.24) is 15.3 Å². The molecule has 0 radical (unpaired) electrons. The van der Waals surface area contributed by atoms with E-state index in [-0.39, 0.29) is 37.0 Å². The molecule has 2 heterocycles. The summed E-state index contributed by atoms with van der Waals surface area (Å²) in [6, 6.07) is 10.7. The standard InChI is InChI=1S/C22H21ClFN5O2/c1-12-9-14(24)7-8-15(12)19-16-10-25-22(31)29(18-6-4-3-5-17(18)23)20(16)28-21(27-19)26-13(2)11-30/h3-9,13,30H,10-11H2,1-2H3,(H,25,31)(H,26,27,28)/t13-/m1/s1. The van der Waals surface area contributed by atoms with Crippen LogP contribution < -0.4 is 15.5 Å². The highest BCUT2D eigenvalue weighted by Crippen LogP contribution is 2.39. The smallest absolute Gasteiger partial charge is 0.328 e. The first-order valence-electron chi connectivity index (χ1n) is 9.76. The Balaban J connectivity index is 1.96. The fraction of sp³-hybridized carbons (Fsp3) is 0.227. The summed E-state index contributed by atoms with van der Waals surface area (Å²) in [5.74, 6) is 0.270. The van der Waals surface area contributed by atoms with Crippen LogP contribution in [0.25, 0.3) is 11.3 Å². The van der Waals surface area contributed by atoms with Gasteiger partial charge in [0.2, 0.25) is 5.95 Å². The van der Waals surface area contributed by atoms with E-state index in [1.807, 2.05) is 0 Å². The number of aliphatic hydroxyl groups excluding tert-OH is 1. The van der Waals surface area contributed by atoms with E-state index < -0.39 is 0 Å². The molecule has 3 aromatic rings. The van der Waals surface area contributed by atoms with E-state index >= 15 is 0 Å². The van der Waals surface area contributed by atoms with Crippen molar-refractivity contribution in [1.29, 1.82) is 0 Å². The zero-order valence-electron chi connectivity index (χ0n) is 17.0. The fourth-order valence-electron chi connectivity index (χ4n) is 3.46. The number of carbonyl (C=O) groups excluding carboxylic acids is 1. The van der Waals surface area contributed by atoms with E-state index in [4.69, 9.17) is 11.6 Å². The largest absolute Gasteiger partial charge is 0.394 e. The molecule has 0 bridgehead atoms. The molecule has 0 fully saturated rings. The summed E-state index contributed by atoms with van der Waals surface area (Å²) in [5, 5.41) is 15.7. The second kappa shape index (κ2) is 8.49. The molecule has 9 heteroatoms. The number of aromatic nitrogens is 2. The molecule has 0 unspecified atom stereocenters. The van der Waals surface area contributed by atoms with Crippen LogP contribution in [-0.2, 0) is 6.54 Å². The van der Waals surface area contributed by atoms with Crippen molar-refractivity contribution in [3.05, 3.63) is 64.4 Å². The number of benzene rings is 2. The van der Waals surface area contributed by atoms with Crippen molar-refractivity contribution in [2.75, 3.05) is 16.8 Å². The van der Waals surface area contributed by atoms with Crippen LogP contribution >= 0.6 is 11.6 Å². The maximum absolute atomic E-state index is 13.7. The van der Waals surface area contributed by atoms with Crippen molar-refractivity contribution in [2.45, 2.75) is 26.4 Å². The van der Waals surface area contributed by atoms with Crippen LogP contribution in [0.3, 0.4) is 0 Å². The molecule has 1 atom stereocenters. The molecule has 160 valence electrons. The molecular weight excluding hydrogens is 421 g/mol. The predicted octanol–water partition coefficient (Wildman–Crippen LogP) is 4.40. The Kier molecular flexibility index (Phi) is 5.75. The van der Waals surface area contributed by atoms with Gasteiger partial charge in [-0.2, -0.15) is 4.98 Å². The van der Waals surface area contributed by atoms with Crippen LogP contribution in [0.2, 0.25) is 5.02 Å². The Hall–Kier alpha value is -3.23.